The van der Waals surface area contributed by atoms with Crippen LogP contribution in [0.25, 0.3) is 11.0 Å². The number of para-hydroxylation sites is 2. The number of fused-ring (bicyclic) bond motifs is 1. The van der Waals surface area contributed by atoms with Gasteiger partial charge >= 0.3 is 0 Å². The molecule has 0 unspecified atom stereocenters. The standard InChI is InChI=1S/C16H14ClN3O/c1-20-14-5-3-2-4-13(14)19-16(20)9-15(21)10-6-11(17)8-12(18)7-10/h2-8H,9,18H2,1H3. The lowest BCUT2D eigenvalue weighted by Gasteiger charge is -2.04. The van der Waals surface area contributed by atoms with E-state index in [4.69, 9.17) is 17.3 Å². The molecule has 5 heteroatoms. The molecule has 0 fully saturated rings. The number of carbonyl (C=O) groups is 1. The second-order valence-corrected chi connectivity index (χ2v) is 5.39. The van der Waals surface area contributed by atoms with Crippen LogP contribution in [0, 0.1) is 0 Å². The van der Waals surface area contributed by atoms with Gasteiger partial charge in [0.25, 0.3) is 0 Å². The second kappa shape index (κ2) is 5.22. The van der Waals surface area contributed by atoms with Crippen LogP contribution in [0.15, 0.2) is 42.5 Å². The van der Waals surface area contributed by atoms with E-state index in [-0.39, 0.29) is 12.2 Å². The van der Waals surface area contributed by atoms with E-state index in [1.54, 1.807) is 18.2 Å². The van der Waals surface area contributed by atoms with Gasteiger partial charge in [-0.3, -0.25) is 4.79 Å². The summed E-state index contributed by atoms with van der Waals surface area (Å²) in [6.07, 6.45) is 0.213. The van der Waals surface area contributed by atoms with Crippen molar-refractivity contribution in [1.82, 2.24) is 9.55 Å². The number of ketones is 1. The van der Waals surface area contributed by atoms with Crippen molar-refractivity contribution in [2.75, 3.05) is 5.73 Å². The third-order valence-electron chi connectivity index (χ3n) is 3.44. The Kier molecular flexibility index (Phi) is 3.39. The molecule has 4 nitrogen and oxygen atoms in total. The number of Topliss-reactive ketones (excluding diaryl/α,β-unsaturated/α-hetero) is 1. The molecular weight excluding hydrogens is 286 g/mol. The molecule has 1 aromatic heterocycles. The first-order valence-corrected chi connectivity index (χ1v) is 6.92. The number of hydrogen-bond donors (Lipinski definition) is 1. The van der Waals surface area contributed by atoms with Crippen LogP contribution in [-0.2, 0) is 13.5 Å². The van der Waals surface area contributed by atoms with Crippen LogP contribution in [0.4, 0.5) is 5.69 Å². The van der Waals surface area contributed by atoms with Crippen molar-refractivity contribution in [1.29, 1.82) is 0 Å². The Morgan fingerprint density at radius 2 is 2.05 bits per heavy atom. The lowest BCUT2D eigenvalue weighted by Crippen LogP contribution is -2.09. The second-order valence-electron chi connectivity index (χ2n) is 4.95. The highest BCUT2D eigenvalue weighted by molar-refractivity contribution is 6.31. The molecule has 0 aliphatic carbocycles. The molecule has 3 rings (SSSR count). The van der Waals surface area contributed by atoms with Crippen LogP contribution >= 0.6 is 11.6 Å². The number of nitrogen functional groups attached to an aromatic ring is 1. The molecule has 2 aromatic carbocycles. The van der Waals surface area contributed by atoms with Crippen LogP contribution in [0.3, 0.4) is 0 Å². The minimum atomic E-state index is -0.0531. The van der Waals surface area contributed by atoms with E-state index in [2.05, 4.69) is 4.98 Å². The predicted molar refractivity (Wildman–Crippen MR) is 84.6 cm³/mol. The molecule has 0 amide bonds. The number of aromatic nitrogens is 2. The summed E-state index contributed by atoms with van der Waals surface area (Å²) in [5.74, 6) is 0.669. The molecule has 1 heterocycles. The Morgan fingerprint density at radius 3 is 2.76 bits per heavy atom. The Balaban J connectivity index is 1.94. The van der Waals surface area contributed by atoms with E-state index < -0.39 is 0 Å². The van der Waals surface area contributed by atoms with Gasteiger partial charge in [-0.15, -0.1) is 0 Å². The van der Waals surface area contributed by atoms with Crippen LogP contribution in [0.2, 0.25) is 5.02 Å². The Bertz CT molecular complexity index is 818. The maximum atomic E-state index is 12.4. The number of nitrogens with zero attached hydrogens (tertiary/aromatic N) is 2. The number of anilines is 1. The zero-order chi connectivity index (χ0) is 15.0. The molecule has 0 spiro atoms. The summed E-state index contributed by atoms with van der Waals surface area (Å²) in [6, 6.07) is 12.7. The average molecular weight is 300 g/mol. The molecule has 0 saturated heterocycles. The molecule has 21 heavy (non-hydrogen) atoms. The molecule has 0 aliphatic rings. The first-order valence-electron chi connectivity index (χ1n) is 6.54. The molecule has 3 aromatic rings. The molecule has 0 atom stereocenters. The normalized spacial score (nSPS) is 11.0. The number of hydrogen-bond acceptors (Lipinski definition) is 3. The summed E-state index contributed by atoms with van der Waals surface area (Å²) >= 11 is 5.94. The summed E-state index contributed by atoms with van der Waals surface area (Å²) in [6.45, 7) is 0. The topological polar surface area (TPSA) is 60.9 Å². The van der Waals surface area contributed by atoms with E-state index in [0.29, 0.717) is 16.3 Å². The monoisotopic (exact) mass is 299 g/mol. The molecule has 0 aliphatic heterocycles. The van der Waals surface area contributed by atoms with Crippen LogP contribution in [0.1, 0.15) is 16.2 Å². The number of imidazole rings is 1. The highest BCUT2D eigenvalue weighted by Crippen LogP contribution is 2.19. The van der Waals surface area contributed by atoms with Crippen molar-refractivity contribution in [2.45, 2.75) is 6.42 Å². The summed E-state index contributed by atoms with van der Waals surface area (Å²) in [5.41, 5.74) is 8.60. The molecule has 2 N–H and O–H groups in total. The largest absolute Gasteiger partial charge is 0.399 e. The number of benzene rings is 2. The van der Waals surface area contributed by atoms with Gasteiger partial charge in [-0.25, -0.2) is 4.98 Å². The third-order valence-corrected chi connectivity index (χ3v) is 3.66. The summed E-state index contributed by atoms with van der Waals surface area (Å²) in [5, 5.41) is 0.461. The van der Waals surface area contributed by atoms with Crippen molar-refractivity contribution < 1.29 is 4.79 Å². The fraction of sp³-hybridized carbons (Fsp3) is 0.125. The van der Waals surface area contributed by atoms with Gasteiger partial charge in [-0.1, -0.05) is 23.7 Å². The number of halogens is 1. The van der Waals surface area contributed by atoms with Crippen molar-refractivity contribution in [3.8, 4) is 0 Å². The maximum Gasteiger partial charge on any atom is 0.170 e. The number of nitrogens with two attached hydrogens (primary N) is 1. The predicted octanol–water partition coefficient (Wildman–Crippen LogP) is 3.23. The Labute approximate surface area is 127 Å². The van der Waals surface area contributed by atoms with E-state index >= 15 is 0 Å². The van der Waals surface area contributed by atoms with Crippen LogP contribution in [0.5, 0.6) is 0 Å². The van der Waals surface area contributed by atoms with E-state index in [0.717, 1.165) is 16.9 Å². The van der Waals surface area contributed by atoms with E-state index in [9.17, 15) is 4.79 Å². The smallest absolute Gasteiger partial charge is 0.170 e. The summed E-state index contributed by atoms with van der Waals surface area (Å²) < 4.78 is 1.93. The van der Waals surface area contributed by atoms with Gasteiger partial charge in [-0.05, 0) is 30.3 Å². The third kappa shape index (κ3) is 2.62. The zero-order valence-electron chi connectivity index (χ0n) is 11.5. The Morgan fingerprint density at radius 1 is 1.29 bits per heavy atom. The number of aryl methyl sites for hydroxylation is 1. The summed E-state index contributed by atoms with van der Waals surface area (Å²) in [7, 11) is 1.91. The van der Waals surface area contributed by atoms with Gasteiger partial charge < -0.3 is 10.3 Å². The average Bonchev–Trinajstić information content (AvgIpc) is 2.75. The quantitative estimate of drug-likeness (QED) is 0.596. The number of carbonyl (C=O) groups excluding carboxylic acids is 1. The highest BCUT2D eigenvalue weighted by atomic mass is 35.5. The van der Waals surface area contributed by atoms with Gasteiger partial charge in [0, 0.05) is 23.3 Å². The van der Waals surface area contributed by atoms with E-state index in [1.165, 1.54) is 0 Å². The first-order chi connectivity index (χ1) is 10.0. The lowest BCUT2D eigenvalue weighted by atomic mass is 10.1. The van der Waals surface area contributed by atoms with Gasteiger partial charge in [0.05, 0.1) is 17.5 Å². The lowest BCUT2D eigenvalue weighted by molar-refractivity contribution is 0.0990. The zero-order valence-corrected chi connectivity index (χ0v) is 12.3. The SMILES string of the molecule is Cn1c(CC(=O)c2cc(N)cc(Cl)c2)nc2ccccc21. The minimum Gasteiger partial charge on any atom is -0.399 e. The minimum absolute atomic E-state index is 0.0531. The van der Waals surface area contributed by atoms with Gasteiger partial charge in [0.15, 0.2) is 5.78 Å². The van der Waals surface area contributed by atoms with Crippen molar-refractivity contribution in [3.63, 3.8) is 0 Å². The van der Waals surface area contributed by atoms with Crippen molar-refractivity contribution in [3.05, 3.63) is 58.9 Å². The summed E-state index contributed by atoms with van der Waals surface area (Å²) in [4.78, 5) is 16.9. The van der Waals surface area contributed by atoms with Gasteiger partial charge in [-0.2, -0.15) is 0 Å². The number of rotatable bonds is 3. The first kappa shape index (κ1) is 13.6. The molecular formula is C16H14ClN3O. The molecule has 0 saturated carbocycles. The van der Waals surface area contributed by atoms with Gasteiger partial charge in [0.1, 0.15) is 5.82 Å². The fourth-order valence-electron chi connectivity index (χ4n) is 2.37. The molecule has 0 bridgehead atoms. The highest BCUT2D eigenvalue weighted by Gasteiger charge is 2.14. The van der Waals surface area contributed by atoms with E-state index in [1.807, 2.05) is 35.9 Å². The maximum absolute atomic E-state index is 12.4. The van der Waals surface area contributed by atoms with Crippen molar-refractivity contribution >= 4 is 34.1 Å². The van der Waals surface area contributed by atoms with Crippen LogP contribution in [-0.4, -0.2) is 15.3 Å². The van der Waals surface area contributed by atoms with Crippen molar-refractivity contribution in [2.24, 2.45) is 7.05 Å². The van der Waals surface area contributed by atoms with Gasteiger partial charge in [0.2, 0.25) is 0 Å². The molecule has 0 radical (unpaired) electrons. The fourth-order valence-corrected chi connectivity index (χ4v) is 2.62. The van der Waals surface area contributed by atoms with Crippen LogP contribution < -0.4 is 5.73 Å². The molecule has 106 valence electrons. The Hall–Kier alpha value is -2.33.